The number of aromatic nitrogens is 4. The maximum Gasteiger partial charge on any atom is 0.332 e. The smallest absolute Gasteiger partial charge is 0.332 e. The van der Waals surface area contributed by atoms with Gasteiger partial charge in [0.1, 0.15) is 5.75 Å². The summed E-state index contributed by atoms with van der Waals surface area (Å²) in [6, 6.07) is 5.86. The molecule has 11 heteroatoms. The first-order valence-electron chi connectivity index (χ1n) is 11.0. The Balaban J connectivity index is 1.91. The summed E-state index contributed by atoms with van der Waals surface area (Å²) >= 11 is 3.52. The van der Waals surface area contributed by atoms with Crippen LogP contribution in [0.5, 0.6) is 5.75 Å². The molecule has 0 spiro atoms. The summed E-state index contributed by atoms with van der Waals surface area (Å²) in [5.41, 5.74) is 0.655. The van der Waals surface area contributed by atoms with Crippen LogP contribution in [0.4, 0.5) is 5.95 Å². The number of aliphatic hydroxyl groups excluding tert-OH is 1. The minimum Gasteiger partial charge on any atom is -0.496 e. The summed E-state index contributed by atoms with van der Waals surface area (Å²) in [4.78, 5) is 31.0. The van der Waals surface area contributed by atoms with Gasteiger partial charge in [0.15, 0.2) is 11.2 Å². The van der Waals surface area contributed by atoms with Crippen molar-refractivity contribution in [2.24, 2.45) is 0 Å². The highest BCUT2D eigenvalue weighted by atomic mass is 79.9. The maximum atomic E-state index is 13.4. The van der Waals surface area contributed by atoms with Crippen molar-refractivity contribution in [1.82, 2.24) is 18.7 Å². The number of nitrogens with one attached hydrogen (secondary N) is 1. The fraction of sp³-hybridized carbons (Fsp3) is 0.500. The molecule has 1 saturated heterocycles. The Morgan fingerprint density at radius 2 is 2.00 bits per heavy atom. The van der Waals surface area contributed by atoms with Gasteiger partial charge in [0.2, 0.25) is 5.95 Å². The molecule has 1 aliphatic rings. The first kappa shape index (κ1) is 23.5. The molecule has 1 fully saturated rings. The van der Waals surface area contributed by atoms with Gasteiger partial charge in [0, 0.05) is 25.8 Å². The van der Waals surface area contributed by atoms with Crippen molar-refractivity contribution in [2.45, 2.75) is 45.4 Å². The second-order valence-electron chi connectivity index (χ2n) is 7.90. The molecule has 10 nitrogen and oxygen atoms in total. The topological polar surface area (TPSA) is 113 Å². The van der Waals surface area contributed by atoms with Gasteiger partial charge < -0.3 is 19.9 Å². The number of benzene rings is 1. The largest absolute Gasteiger partial charge is 0.496 e. The average Bonchev–Trinajstić information content (AvgIpc) is 3.15. The molecule has 0 aliphatic carbocycles. The zero-order chi connectivity index (χ0) is 23.5. The first-order chi connectivity index (χ1) is 16.0. The van der Waals surface area contributed by atoms with Crippen molar-refractivity contribution in [2.75, 3.05) is 32.2 Å². The number of nitrogens with zero attached hydrogens (tertiary/aromatic N) is 4. The first-order valence-corrected chi connectivity index (χ1v) is 11.8. The number of halogens is 1. The third kappa shape index (κ3) is 4.57. The summed E-state index contributed by atoms with van der Waals surface area (Å²) in [5.74, 6) is 1.22. The molecule has 0 bridgehead atoms. The van der Waals surface area contributed by atoms with Crippen LogP contribution >= 0.6 is 15.9 Å². The van der Waals surface area contributed by atoms with E-state index >= 15 is 0 Å². The number of methoxy groups -OCH3 is 1. The van der Waals surface area contributed by atoms with Crippen LogP contribution in [0.3, 0.4) is 0 Å². The molecule has 3 aromatic rings. The quantitative estimate of drug-likeness (QED) is 0.464. The molecule has 0 amide bonds. The van der Waals surface area contributed by atoms with Crippen molar-refractivity contribution in [3.05, 3.63) is 49.1 Å². The SMILES string of the molecule is CCn1c(=O)c2c(nc(NC3CCOCC3)n2Cc2ccc(OC)c(Br)c2)n(CCO)c1=O. The lowest BCUT2D eigenvalue weighted by Gasteiger charge is -2.24. The number of aliphatic hydroxyl groups is 1. The second kappa shape index (κ2) is 10.1. The Hall–Kier alpha value is -2.63. The molecular weight excluding hydrogens is 494 g/mol. The lowest BCUT2D eigenvalue weighted by atomic mass is 10.1. The van der Waals surface area contributed by atoms with E-state index in [4.69, 9.17) is 9.47 Å². The fourth-order valence-corrected chi connectivity index (χ4v) is 4.74. The Morgan fingerprint density at radius 1 is 1.24 bits per heavy atom. The normalized spacial score (nSPS) is 14.7. The maximum absolute atomic E-state index is 13.4. The van der Waals surface area contributed by atoms with Gasteiger partial charge in [-0.15, -0.1) is 0 Å². The van der Waals surface area contributed by atoms with Crippen LogP contribution in [-0.2, 0) is 24.4 Å². The van der Waals surface area contributed by atoms with Gasteiger partial charge in [-0.25, -0.2) is 4.79 Å². The zero-order valence-corrected chi connectivity index (χ0v) is 20.3. The van der Waals surface area contributed by atoms with Crippen LogP contribution in [-0.4, -0.2) is 56.8 Å². The number of hydrogen-bond donors (Lipinski definition) is 2. The van der Waals surface area contributed by atoms with Gasteiger partial charge in [-0.05, 0) is 53.4 Å². The summed E-state index contributed by atoms with van der Waals surface area (Å²) in [6.45, 7) is 3.46. The predicted molar refractivity (Wildman–Crippen MR) is 128 cm³/mol. The van der Waals surface area contributed by atoms with Crippen LogP contribution in [0.15, 0.2) is 32.3 Å². The summed E-state index contributed by atoms with van der Waals surface area (Å²) in [6.07, 6.45) is 1.64. The average molecular weight is 522 g/mol. The van der Waals surface area contributed by atoms with E-state index in [1.807, 2.05) is 22.8 Å². The standard InChI is InChI=1S/C22H28BrN5O5/c1-3-26-20(30)18-19(27(8-9-29)22(26)31)25-21(24-15-6-10-33-11-7-15)28(18)13-14-4-5-17(32-2)16(23)12-14/h4-5,12,15,29H,3,6-11,13H2,1-2H3,(H,24,25). The minimum absolute atomic E-state index is 0.0530. The summed E-state index contributed by atoms with van der Waals surface area (Å²) < 4.78 is 16.0. The van der Waals surface area contributed by atoms with Crippen LogP contribution in [0.1, 0.15) is 25.3 Å². The monoisotopic (exact) mass is 521 g/mol. The van der Waals surface area contributed by atoms with E-state index < -0.39 is 11.2 Å². The lowest BCUT2D eigenvalue weighted by Crippen LogP contribution is -2.40. The van der Waals surface area contributed by atoms with E-state index in [1.54, 1.807) is 14.0 Å². The molecule has 0 unspecified atom stereocenters. The molecule has 33 heavy (non-hydrogen) atoms. The Labute approximate surface area is 198 Å². The van der Waals surface area contributed by atoms with E-state index in [1.165, 1.54) is 9.13 Å². The van der Waals surface area contributed by atoms with Crippen molar-refractivity contribution in [1.29, 1.82) is 0 Å². The molecular formula is C22H28BrN5O5. The van der Waals surface area contributed by atoms with Crippen LogP contribution in [0.25, 0.3) is 11.2 Å². The molecule has 178 valence electrons. The third-order valence-electron chi connectivity index (χ3n) is 5.87. The number of fused-ring (bicyclic) bond motifs is 1. The lowest BCUT2D eigenvalue weighted by molar-refractivity contribution is 0.0902. The van der Waals surface area contributed by atoms with Crippen molar-refractivity contribution >= 4 is 33.0 Å². The summed E-state index contributed by atoms with van der Waals surface area (Å²) in [5, 5.41) is 13.0. The van der Waals surface area contributed by atoms with E-state index in [2.05, 4.69) is 26.2 Å². The van der Waals surface area contributed by atoms with Gasteiger partial charge in [-0.2, -0.15) is 4.98 Å². The third-order valence-corrected chi connectivity index (χ3v) is 6.49. The second-order valence-corrected chi connectivity index (χ2v) is 8.76. The van der Waals surface area contributed by atoms with Gasteiger partial charge >= 0.3 is 5.69 Å². The molecule has 3 heterocycles. The number of anilines is 1. The van der Waals surface area contributed by atoms with Gasteiger partial charge in [-0.1, -0.05) is 6.07 Å². The van der Waals surface area contributed by atoms with Gasteiger partial charge in [0.05, 0.1) is 31.3 Å². The number of ether oxygens (including phenoxy) is 2. The highest BCUT2D eigenvalue weighted by Crippen LogP contribution is 2.27. The Bertz CT molecular complexity index is 1260. The highest BCUT2D eigenvalue weighted by Gasteiger charge is 2.24. The Morgan fingerprint density at radius 3 is 2.64 bits per heavy atom. The highest BCUT2D eigenvalue weighted by molar-refractivity contribution is 9.10. The molecule has 0 saturated carbocycles. The van der Waals surface area contributed by atoms with E-state index in [0.29, 0.717) is 37.0 Å². The van der Waals surface area contributed by atoms with Gasteiger partial charge in [0.25, 0.3) is 5.56 Å². The molecule has 1 aromatic carbocycles. The summed E-state index contributed by atoms with van der Waals surface area (Å²) in [7, 11) is 1.60. The predicted octanol–water partition coefficient (Wildman–Crippen LogP) is 1.78. The number of hydrogen-bond acceptors (Lipinski definition) is 7. The zero-order valence-electron chi connectivity index (χ0n) is 18.7. The molecule has 2 aromatic heterocycles. The van der Waals surface area contributed by atoms with Crippen LogP contribution < -0.4 is 21.3 Å². The van der Waals surface area contributed by atoms with Crippen LogP contribution in [0, 0.1) is 0 Å². The van der Waals surface area contributed by atoms with Gasteiger partial charge in [-0.3, -0.25) is 18.5 Å². The molecule has 1 aliphatic heterocycles. The van der Waals surface area contributed by atoms with E-state index in [-0.39, 0.29) is 31.4 Å². The Kier molecular flexibility index (Phi) is 7.20. The number of imidazole rings is 1. The van der Waals surface area contributed by atoms with Crippen molar-refractivity contribution in [3.8, 4) is 5.75 Å². The van der Waals surface area contributed by atoms with Crippen molar-refractivity contribution in [3.63, 3.8) is 0 Å². The van der Waals surface area contributed by atoms with Crippen molar-refractivity contribution < 1.29 is 14.6 Å². The number of rotatable bonds is 8. The van der Waals surface area contributed by atoms with E-state index in [0.717, 1.165) is 22.9 Å². The van der Waals surface area contributed by atoms with Crippen LogP contribution in [0.2, 0.25) is 0 Å². The fourth-order valence-electron chi connectivity index (χ4n) is 4.15. The molecule has 0 atom stereocenters. The molecule has 2 N–H and O–H groups in total. The molecule has 4 rings (SSSR count). The molecule has 0 radical (unpaired) electrons. The van der Waals surface area contributed by atoms with E-state index in [9.17, 15) is 14.7 Å². The minimum atomic E-state index is -0.474.